The van der Waals surface area contributed by atoms with Crippen LogP contribution in [-0.2, 0) is 0 Å². The Labute approximate surface area is 136 Å². The number of quaternary nitrogens is 1. The van der Waals surface area contributed by atoms with E-state index >= 15 is 0 Å². The minimum atomic E-state index is 0.255. The zero-order valence-corrected chi connectivity index (χ0v) is 13.9. The van der Waals surface area contributed by atoms with Crippen molar-refractivity contribution in [2.24, 2.45) is 0 Å². The second-order valence-electron chi connectivity index (χ2n) is 6.15. The average molecular weight is 318 g/mol. The fourth-order valence-corrected chi connectivity index (χ4v) is 3.53. The van der Waals surface area contributed by atoms with E-state index in [0.717, 1.165) is 40.8 Å². The summed E-state index contributed by atoms with van der Waals surface area (Å²) in [4.78, 5) is 14.0. The predicted octanol–water partition coefficient (Wildman–Crippen LogP) is 2.61. The predicted molar refractivity (Wildman–Crippen MR) is 89.4 cm³/mol. The molecule has 1 aromatic heterocycles. The molecule has 1 aromatic carbocycles. The molecule has 1 aliphatic heterocycles. The minimum absolute atomic E-state index is 0.255. The Morgan fingerprint density at radius 2 is 1.82 bits per heavy atom. The largest absolute Gasteiger partial charge is 0.328 e. The van der Waals surface area contributed by atoms with Gasteiger partial charge in [0.15, 0.2) is 0 Å². The molecule has 0 bridgehead atoms. The van der Waals surface area contributed by atoms with Crippen molar-refractivity contribution in [3.8, 4) is 5.69 Å². The van der Waals surface area contributed by atoms with Gasteiger partial charge in [0, 0.05) is 40.5 Å². The summed E-state index contributed by atoms with van der Waals surface area (Å²) in [6, 6.07) is 9.75. The van der Waals surface area contributed by atoms with Crippen LogP contribution in [0.1, 0.15) is 34.6 Å². The molecule has 0 atom stereocenters. The second-order valence-corrected chi connectivity index (χ2v) is 6.59. The molecule has 0 radical (unpaired) electrons. The lowest BCUT2D eigenvalue weighted by molar-refractivity contribution is -0.878. The van der Waals surface area contributed by atoms with Gasteiger partial charge in [-0.3, -0.25) is 4.79 Å². The third-order valence-electron chi connectivity index (χ3n) is 4.54. The topological polar surface area (TPSA) is 26.4 Å². The summed E-state index contributed by atoms with van der Waals surface area (Å²) in [5, 5.41) is 0.722. The van der Waals surface area contributed by atoms with Gasteiger partial charge in [-0.05, 0) is 44.2 Å². The van der Waals surface area contributed by atoms with Crippen molar-refractivity contribution < 1.29 is 9.69 Å². The van der Waals surface area contributed by atoms with Gasteiger partial charge in [-0.1, -0.05) is 11.6 Å². The molecule has 2 aromatic rings. The molecule has 1 N–H and O–H groups in total. The maximum absolute atomic E-state index is 12.6. The number of ketones is 1. The maximum Gasteiger partial charge on any atom is 0.218 e. The van der Waals surface area contributed by atoms with Crippen molar-refractivity contribution in [2.75, 3.05) is 19.6 Å². The lowest BCUT2D eigenvalue weighted by atomic mass is 10.1. The second kappa shape index (κ2) is 6.27. The van der Waals surface area contributed by atoms with Crippen LogP contribution in [-0.4, -0.2) is 30.0 Å². The first-order valence-electron chi connectivity index (χ1n) is 7.88. The molecule has 1 aliphatic rings. The van der Waals surface area contributed by atoms with E-state index in [2.05, 4.69) is 4.57 Å². The van der Waals surface area contributed by atoms with E-state index in [-0.39, 0.29) is 5.78 Å². The maximum atomic E-state index is 12.6. The highest BCUT2D eigenvalue weighted by molar-refractivity contribution is 6.30. The number of hydrogen-bond donors (Lipinski definition) is 1. The fraction of sp³-hybridized carbons (Fsp3) is 0.389. The molecule has 1 saturated heterocycles. The van der Waals surface area contributed by atoms with Crippen molar-refractivity contribution in [1.82, 2.24) is 4.57 Å². The zero-order valence-electron chi connectivity index (χ0n) is 13.2. The molecule has 1 fully saturated rings. The van der Waals surface area contributed by atoms with Crippen molar-refractivity contribution in [3.05, 3.63) is 52.3 Å². The van der Waals surface area contributed by atoms with Gasteiger partial charge in [0.2, 0.25) is 5.78 Å². The van der Waals surface area contributed by atoms with Gasteiger partial charge >= 0.3 is 0 Å². The quantitative estimate of drug-likeness (QED) is 0.862. The number of halogens is 1. The van der Waals surface area contributed by atoms with Crippen molar-refractivity contribution in [1.29, 1.82) is 0 Å². The number of benzene rings is 1. The SMILES string of the molecule is Cc1cc(C(=O)C[NH+]2CCCC2)c(C)n1-c1ccc(Cl)cc1. The van der Waals surface area contributed by atoms with Crippen molar-refractivity contribution >= 4 is 17.4 Å². The van der Waals surface area contributed by atoms with Crippen LogP contribution in [0, 0.1) is 13.8 Å². The van der Waals surface area contributed by atoms with Crippen LogP contribution in [0.3, 0.4) is 0 Å². The summed E-state index contributed by atoms with van der Waals surface area (Å²) >= 11 is 5.96. The Balaban J connectivity index is 1.89. The highest BCUT2D eigenvalue weighted by Crippen LogP contribution is 2.22. The van der Waals surface area contributed by atoms with E-state index in [1.165, 1.54) is 17.7 Å². The summed E-state index contributed by atoms with van der Waals surface area (Å²) in [6.07, 6.45) is 2.48. The van der Waals surface area contributed by atoms with Gasteiger partial charge in [0.1, 0.15) is 6.54 Å². The van der Waals surface area contributed by atoms with E-state index in [1.807, 2.05) is 44.2 Å². The minimum Gasteiger partial charge on any atom is -0.328 e. The van der Waals surface area contributed by atoms with E-state index < -0.39 is 0 Å². The number of aromatic nitrogens is 1. The number of nitrogens with zero attached hydrogens (tertiary/aromatic N) is 1. The molecule has 0 unspecified atom stereocenters. The summed E-state index contributed by atoms with van der Waals surface area (Å²) in [7, 11) is 0. The third kappa shape index (κ3) is 2.96. The van der Waals surface area contributed by atoms with Crippen LogP contribution < -0.4 is 4.90 Å². The molecule has 22 heavy (non-hydrogen) atoms. The van der Waals surface area contributed by atoms with E-state index in [0.29, 0.717) is 6.54 Å². The molecule has 0 amide bonds. The first-order chi connectivity index (χ1) is 10.6. The third-order valence-corrected chi connectivity index (χ3v) is 4.79. The first-order valence-corrected chi connectivity index (χ1v) is 8.25. The Bertz CT molecular complexity index is 682. The summed E-state index contributed by atoms with van der Waals surface area (Å²) in [5.41, 5.74) is 4.00. The number of hydrogen-bond acceptors (Lipinski definition) is 1. The molecule has 0 saturated carbocycles. The number of carbonyl (C=O) groups is 1. The Morgan fingerprint density at radius 1 is 1.18 bits per heavy atom. The number of rotatable bonds is 4. The van der Waals surface area contributed by atoms with Crippen LogP contribution in [0.15, 0.2) is 30.3 Å². The van der Waals surface area contributed by atoms with E-state index in [9.17, 15) is 4.79 Å². The molecule has 0 spiro atoms. The number of carbonyl (C=O) groups excluding carboxylic acids is 1. The molecule has 3 nitrogen and oxygen atoms in total. The molecule has 3 rings (SSSR count). The highest BCUT2D eigenvalue weighted by Gasteiger charge is 2.23. The number of likely N-dealkylation sites (tertiary alicyclic amines) is 1. The van der Waals surface area contributed by atoms with Crippen molar-refractivity contribution in [3.63, 3.8) is 0 Å². The summed E-state index contributed by atoms with van der Waals surface area (Å²) in [5.74, 6) is 0.255. The zero-order chi connectivity index (χ0) is 15.7. The van der Waals surface area contributed by atoms with Crippen LogP contribution in [0.25, 0.3) is 5.69 Å². The summed E-state index contributed by atoms with van der Waals surface area (Å²) < 4.78 is 2.13. The Morgan fingerprint density at radius 3 is 2.45 bits per heavy atom. The van der Waals surface area contributed by atoms with Crippen LogP contribution in [0.5, 0.6) is 0 Å². The van der Waals surface area contributed by atoms with Crippen LogP contribution >= 0.6 is 11.6 Å². The highest BCUT2D eigenvalue weighted by atomic mass is 35.5. The average Bonchev–Trinajstić information content (AvgIpc) is 3.09. The van der Waals surface area contributed by atoms with Crippen LogP contribution in [0.2, 0.25) is 5.02 Å². The number of Topliss-reactive ketones (excluding diaryl/α,β-unsaturated/α-hetero) is 1. The Kier molecular flexibility index (Phi) is 4.37. The standard InChI is InChI=1S/C18H21ClN2O/c1-13-11-17(18(22)12-20-9-3-4-10-20)14(2)21(13)16-7-5-15(19)6-8-16/h5-8,11H,3-4,9-10,12H2,1-2H3/p+1. The van der Waals surface area contributed by atoms with E-state index in [1.54, 1.807) is 0 Å². The van der Waals surface area contributed by atoms with Gasteiger partial charge in [0.25, 0.3) is 0 Å². The molecular formula is C18H22ClN2O+. The van der Waals surface area contributed by atoms with Gasteiger partial charge in [0.05, 0.1) is 13.1 Å². The molecule has 116 valence electrons. The number of nitrogens with one attached hydrogen (secondary N) is 1. The Hall–Kier alpha value is -1.58. The van der Waals surface area contributed by atoms with Gasteiger partial charge in [-0.2, -0.15) is 0 Å². The molecule has 2 heterocycles. The molecule has 0 aliphatic carbocycles. The lowest BCUT2D eigenvalue weighted by Gasteiger charge is -2.12. The number of aryl methyl sites for hydroxylation is 1. The van der Waals surface area contributed by atoms with Gasteiger partial charge in [-0.15, -0.1) is 0 Å². The smallest absolute Gasteiger partial charge is 0.218 e. The fourth-order valence-electron chi connectivity index (χ4n) is 3.41. The van der Waals surface area contributed by atoms with Crippen molar-refractivity contribution in [2.45, 2.75) is 26.7 Å². The molecular weight excluding hydrogens is 296 g/mol. The van der Waals surface area contributed by atoms with E-state index in [4.69, 9.17) is 11.6 Å². The van der Waals surface area contributed by atoms with Gasteiger partial charge < -0.3 is 9.47 Å². The van der Waals surface area contributed by atoms with Gasteiger partial charge in [-0.25, -0.2) is 0 Å². The molecule has 4 heteroatoms. The lowest BCUT2D eigenvalue weighted by Crippen LogP contribution is -3.10. The van der Waals surface area contributed by atoms with Crippen LogP contribution in [0.4, 0.5) is 0 Å². The normalized spacial score (nSPS) is 15.4. The first kappa shape index (κ1) is 15.3. The monoisotopic (exact) mass is 317 g/mol. The summed E-state index contributed by atoms with van der Waals surface area (Å²) in [6.45, 7) is 6.93.